The second-order valence-corrected chi connectivity index (χ2v) is 6.66. The molecular weight excluding hydrogens is 380 g/mol. The van der Waals surface area contributed by atoms with Crippen molar-refractivity contribution in [2.75, 3.05) is 31.0 Å². The van der Waals surface area contributed by atoms with Crippen molar-refractivity contribution in [1.82, 2.24) is 0 Å². The average Bonchev–Trinajstić information content (AvgIpc) is 3.14. The maximum atomic E-state index is 12.2. The molecule has 7 heteroatoms. The topological polar surface area (TPSA) is 67.9 Å². The van der Waals surface area contributed by atoms with E-state index in [2.05, 4.69) is 5.32 Å². The Kier molecular flexibility index (Phi) is 6.21. The lowest BCUT2D eigenvalue weighted by molar-refractivity contribution is -0.117. The van der Waals surface area contributed by atoms with Crippen molar-refractivity contribution in [3.63, 3.8) is 0 Å². The molecule has 6 nitrogen and oxygen atoms in total. The Bertz CT molecular complexity index is 909. The lowest BCUT2D eigenvalue weighted by Gasteiger charge is -2.15. The van der Waals surface area contributed by atoms with Gasteiger partial charge in [-0.3, -0.25) is 9.59 Å². The van der Waals surface area contributed by atoms with E-state index in [-0.39, 0.29) is 11.8 Å². The van der Waals surface area contributed by atoms with E-state index in [1.54, 1.807) is 23.1 Å². The summed E-state index contributed by atoms with van der Waals surface area (Å²) in [7, 11) is 3.02. The SMILES string of the molecule is COc1cc(Cl)c(NC(=O)/C=C/c2ccc(N3CCCC3=O)cc2)cc1OC. The normalized spacial score (nSPS) is 13.8. The Labute approximate surface area is 168 Å². The van der Waals surface area contributed by atoms with Crippen LogP contribution in [0.3, 0.4) is 0 Å². The van der Waals surface area contributed by atoms with Gasteiger partial charge in [0.15, 0.2) is 11.5 Å². The summed E-state index contributed by atoms with van der Waals surface area (Å²) >= 11 is 6.18. The number of nitrogens with zero attached hydrogens (tertiary/aromatic N) is 1. The number of carbonyl (C=O) groups excluding carboxylic acids is 2. The Hall–Kier alpha value is -2.99. The molecule has 1 fully saturated rings. The van der Waals surface area contributed by atoms with Gasteiger partial charge >= 0.3 is 0 Å². The molecule has 0 atom stereocenters. The second kappa shape index (κ2) is 8.80. The quantitative estimate of drug-likeness (QED) is 0.740. The molecule has 1 N–H and O–H groups in total. The van der Waals surface area contributed by atoms with Gasteiger partial charge < -0.3 is 19.7 Å². The smallest absolute Gasteiger partial charge is 0.248 e. The van der Waals surface area contributed by atoms with Crippen molar-refractivity contribution in [1.29, 1.82) is 0 Å². The zero-order valence-electron chi connectivity index (χ0n) is 15.7. The maximum Gasteiger partial charge on any atom is 0.248 e. The average molecular weight is 401 g/mol. The first-order chi connectivity index (χ1) is 13.5. The molecule has 0 bridgehead atoms. The molecule has 146 valence electrons. The Balaban J connectivity index is 1.66. The molecule has 0 saturated carbocycles. The molecule has 1 saturated heterocycles. The number of ether oxygens (including phenoxy) is 2. The molecule has 0 aromatic heterocycles. The van der Waals surface area contributed by atoms with E-state index in [0.29, 0.717) is 28.6 Å². The summed E-state index contributed by atoms with van der Waals surface area (Å²) in [6.45, 7) is 0.752. The Morgan fingerprint density at radius 1 is 1.14 bits per heavy atom. The van der Waals surface area contributed by atoms with Crippen LogP contribution in [0.4, 0.5) is 11.4 Å². The van der Waals surface area contributed by atoms with Crippen molar-refractivity contribution in [2.45, 2.75) is 12.8 Å². The van der Waals surface area contributed by atoms with Gasteiger partial charge in [0.2, 0.25) is 11.8 Å². The molecular formula is C21H21ClN2O4. The first kappa shape index (κ1) is 19.8. The fourth-order valence-electron chi connectivity index (χ4n) is 2.98. The molecule has 0 radical (unpaired) electrons. The van der Waals surface area contributed by atoms with Gasteiger partial charge in [-0.15, -0.1) is 0 Å². The summed E-state index contributed by atoms with van der Waals surface area (Å²) in [5.41, 5.74) is 2.15. The van der Waals surface area contributed by atoms with Gasteiger partial charge in [-0.05, 0) is 30.2 Å². The van der Waals surface area contributed by atoms with Gasteiger partial charge in [0.25, 0.3) is 0 Å². The minimum Gasteiger partial charge on any atom is -0.493 e. The van der Waals surface area contributed by atoms with Gasteiger partial charge in [0.1, 0.15) is 0 Å². The highest BCUT2D eigenvalue weighted by molar-refractivity contribution is 6.34. The minimum atomic E-state index is -0.326. The first-order valence-corrected chi connectivity index (χ1v) is 9.20. The van der Waals surface area contributed by atoms with Crippen LogP contribution in [0.25, 0.3) is 6.08 Å². The van der Waals surface area contributed by atoms with Crippen molar-refractivity contribution in [3.8, 4) is 11.5 Å². The van der Waals surface area contributed by atoms with Crippen LogP contribution in [0.2, 0.25) is 5.02 Å². The van der Waals surface area contributed by atoms with E-state index in [4.69, 9.17) is 21.1 Å². The van der Waals surface area contributed by atoms with Crippen molar-refractivity contribution in [2.24, 2.45) is 0 Å². The molecule has 1 aliphatic heterocycles. The highest BCUT2D eigenvalue weighted by Crippen LogP contribution is 2.36. The Morgan fingerprint density at radius 3 is 2.43 bits per heavy atom. The number of carbonyl (C=O) groups is 2. The number of amides is 2. The number of nitrogens with one attached hydrogen (secondary N) is 1. The maximum absolute atomic E-state index is 12.2. The molecule has 0 unspecified atom stereocenters. The number of halogens is 1. The zero-order valence-corrected chi connectivity index (χ0v) is 16.5. The number of benzene rings is 2. The molecule has 3 rings (SSSR count). The number of rotatable bonds is 6. The summed E-state index contributed by atoms with van der Waals surface area (Å²) in [5, 5.41) is 3.07. The monoisotopic (exact) mass is 400 g/mol. The van der Waals surface area contributed by atoms with Crippen LogP contribution in [0.5, 0.6) is 11.5 Å². The predicted octanol–water partition coefficient (Wildman–Crippen LogP) is 4.14. The van der Waals surface area contributed by atoms with Gasteiger partial charge in [0, 0.05) is 36.9 Å². The molecule has 2 aromatic carbocycles. The largest absolute Gasteiger partial charge is 0.493 e. The van der Waals surface area contributed by atoms with Crippen LogP contribution in [-0.2, 0) is 9.59 Å². The summed E-state index contributed by atoms with van der Waals surface area (Å²) < 4.78 is 10.4. The van der Waals surface area contributed by atoms with Gasteiger partial charge in [-0.25, -0.2) is 0 Å². The number of methoxy groups -OCH3 is 2. The van der Waals surface area contributed by atoms with E-state index in [9.17, 15) is 9.59 Å². The predicted molar refractivity (Wildman–Crippen MR) is 110 cm³/mol. The summed E-state index contributed by atoms with van der Waals surface area (Å²) in [6, 6.07) is 10.7. The molecule has 1 aliphatic rings. The van der Waals surface area contributed by atoms with Crippen molar-refractivity contribution < 1.29 is 19.1 Å². The Morgan fingerprint density at radius 2 is 1.82 bits per heavy atom. The van der Waals surface area contributed by atoms with Crippen LogP contribution < -0.4 is 19.7 Å². The van der Waals surface area contributed by atoms with Crippen LogP contribution in [0, 0.1) is 0 Å². The van der Waals surface area contributed by atoms with Gasteiger partial charge in [-0.2, -0.15) is 0 Å². The van der Waals surface area contributed by atoms with E-state index in [1.807, 2.05) is 24.3 Å². The number of hydrogen-bond donors (Lipinski definition) is 1. The van der Waals surface area contributed by atoms with E-state index in [1.165, 1.54) is 20.3 Å². The molecule has 0 spiro atoms. The van der Waals surface area contributed by atoms with E-state index < -0.39 is 0 Å². The third-order valence-electron chi connectivity index (χ3n) is 4.44. The van der Waals surface area contributed by atoms with E-state index >= 15 is 0 Å². The molecule has 28 heavy (non-hydrogen) atoms. The zero-order chi connectivity index (χ0) is 20.1. The lowest BCUT2D eigenvalue weighted by Crippen LogP contribution is -2.23. The molecule has 2 amide bonds. The highest BCUT2D eigenvalue weighted by Gasteiger charge is 2.21. The fourth-order valence-corrected chi connectivity index (χ4v) is 3.18. The van der Waals surface area contributed by atoms with Crippen molar-refractivity contribution >= 4 is 40.9 Å². The molecule has 2 aromatic rings. The fraction of sp³-hybridized carbons (Fsp3) is 0.238. The van der Waals surface area contributed by atoms with E-state index in [0.717, 1.165) is 24.2 Å². The first-order valence-electron chi connectivity index (χ1n) is 8.83. The second-order valence-electron chi connectivity index (χ2n) is 6.25. The third-order valence-corrected chi connectivity index (χ3v) is 4.75. The summed E-state index contributed by atoms with van der Waals surface area (Å²) in [5.74, 6) is 0.776. The van der Waals surface area contributed by atoms with Crippen LogP contribution >= 0.6 is 11.6 Å². The van der Waals surface area contributed by atoms with Crippen molar-refractivity contribution in [3.05, 3.63) is 53.1 Å². The molecule has 0 aliphatic carbocycles. The third kappa shape index (κ3) is 4.46. The molecule has 1 heterocycles. The highest BCUT2D eigenvalue weighted by atomic mass is 35.5. The standard InChI is InChI=1S/C21H21ClN2O4/c1-27-18-12-16(22)17(13-19(18)28-2)23-20(25)10-7-14-5-8-15(9-6-14)24-11-3-4-21(24)26/h5-10,12-13H,3-4,11H2,1-2H3,(H,23,25)/b10-7+. The van der Waals surface area contributed by atoms with Gasteiger partial charge in [0.05, 0.1) is 24.9 Å². The van der Waals surface area contributed by atoms with Crippen LogP contribution in [0.15, 0.2) is 42.5 Å². The number of anilines is 2. The van der Waals surface area contributed by atoms with Gasteiger partial charge in [-0.1, -0.05) is 23.7 Å². The van der Waals surface area contributed by atoms with Crippen LogP contribution in [-0.4, -0.2) is 32.6 Å². The van der Waals surface area contributed by atoms with Crippen LogP contribution in [0.1, 0.15) is 18.4 Å². The number of hydrogen-bond acceptors (Lipinski definition) is 4. The lowest BCUT2D eigenvalue weighted by atomic mass is 10.2. The summed E-state index contributed by atoms with van der Waals surface area (Å²) in [6.07, 6.45) is 4.60. The minimum absolute atomic E-state index is 0.148. The summed E-state index contributed by atoms with van der Waals surface area (Å²) in [4.78, 5) is 25.8.